The first-order chi connectivity index (χ1) is 24.2. The van der Waals surface area contributed by atoms with E-state index >= 15 is 0 Å². The standard InChI is InChI=1S/C45H76O4/c1-3-5-7-9-11-13-15-17-19-20-21-22-23-24-25-26-27-28-30-32-34-36-38-40-45(47)49-44(42-46)43-48-41-39-37-35-33-31-29-18-16-14-12-10-8-6-4-2/h5-8,11-14,17-19,21-22,29,44,46H,3-4,9-10,15-16,20,23-28,30-43H2,1-2H3/b7-5-,8-6-,13-11-,14-12-,19-17-,22-21-,29-18-. The van der Waals surface area contributed by atoms with Crippen LogP contribution in [0.2, 0.25) is 0 Å². The highest BCUT2D eigenvalue weighted by Crippen LogP contribution is 2.13. The van der Waals surface area contributed by atoms with Crippen molar-refractivity contribution >= 4 is 5.97 Å². The van der Waals surface area contributed by atoms with Gasteiger partial charge >= 0.3 is 5.97 Å². The molecule has 0 aromatic heterocycles. The number of esters is 1. The highest BCUT2D eigenvalue weighted by molar-refractivity contribution is 5.69. The molecule has 0 amide bonds. The Bertz CT molecular complexity index is 892. The summed E-state index contributed by atoms with van der Waals surface area (Å²) >= 11 is 0. The van der Waals surface area contributed by atoms with Gasteiger partial charge in [-0.05, 0) is 83.5 Å². The van der Waals surface area contributed by atoms with Crippen molar-refractivity contribution in [3.8, 4) is 0 Å². The summed E-state index contributed by atoms with van der Waals surface area (Å²) < 4.78 is 11.1. The van der Waals surface area contributed by atoms with Crippen LogP contribution in [0.15, 0.2) is 85.1 Å². The Morgan fingerprint density at radius 1 is 0.490 bits per heavy atom. The number of allylic oxidation sites excluding steroid dienone is 14. The van der Waals surface area contributed by atoms with Gasteiger partial charge < -0.3 is 14.6 Å². The van der Waals surface area contributed by atoms with E-state index in [1.807, 2.05) is 0 Å². The fraction of sp³-hybridized carbons (Fsp3) is 0.667. The van der Waals surface area contributed by atoms with Crippen molar-refractivity contribution in [3.05, 3.63) is 85.1 Å². The van der Waals surface area contributed by atoms with Crippen molar-refractivity contribution in [2.24, 2.45) is 0 Å². The summed E-state index contributed by atoms with van der Waals surface area (Å²) in [5.41, 5.74) is 0. The van der Waals surface area contributed by atoms with Crippen LogP contribution in [0, 0.1) is 0 Å². The quantitative estimate of drug-likeness (QED) is 0.0406. The first kappa shape index (κ1) is 46.6. The van der Waals surface area contributed by atoms with Crippen LogP contribution in [0.25, 0.3) is 0 Å². The third-order valence-corrected chi connectivity index (χ3v) is 8.22. The fourth-order valence-corrected chi connectivity index (χ4v) is 5.27. The minimum atomic E-state index is -0.553. The molecule has 1 N–H and O–H groups in total. The van der Waals surface area contributed by atoms with E-state index in [9.17, 15) is 9.90 Å². The van der Waals surface area contributed by atoms with Gasteiger partial charge in [-0.3, -0.25) is 4.79 Å². The van der Waals surface area contributed by atoms with Crippen LogP contribution in [0.5, 0.6) is 0 Å². The van der Waals surface area contributed by atoms with E-state index in [0.717, 1.165) is 77.0 Å². The molecule has 1 atom stereocenters. The summed E-state index contributed by atoms with van der Waals surface area (Å²) in [7, 11) is 0. The molecule has 280 valence electrons. The van der Waals surface area contributed by atoms with Crippen LogP contribution in [0.3, 0.4) is 0 Å². The summed E-state index contributed by atoms with van der Waals surface area (Å²) in [6.45, 7) is 5.06. The van der Waals surface area contributed by atoms with E-state index in [1.165, 1.54) is 70.6 Å². The van der Waals surface area contributed by atoms with Crippen molar-refractivity contribution in [3.63, 3.8) is 0 Å². The second-order valence-corrected chi connectivity index (χ2v) is 12.9. The monoisotopic (exact) mass is 681 g/mol. The molecule has 0 rings (SSSR count). The molecule has 0 radical (unpaired) electrons. The summed E-state index contributed by atoms with van der Waals surface area (Å²) in [6.07, 6.45) is 57.8. The molecule has 0 aliphatic carbocycles. The molecule has 0 aromatic rings. The number of carbonyl (C=O) groups is 1. The highest BCUT2D eigenvalue weighted by Gasteiger charge is 2.13. The van der Waals surface area contributed by atoms with E-state index in [0.29, 0.717) is 13.0 Å². The number of aliphatic hydroxyl groups is 1. The number of ether oxygens (including phenoxy) is 2. The highest BCUT2D eigenvalue weighted by atomic mass is 16.6. The van der Waals surface area contributed by atoms with Gasteiger partial charge in [0.05, 0.1) is 13.2 Å². The zero-order valence-electron chi connectivity index (χ0n) is 31.9. The van der Waals surface area contributed by atoms with Crippen LogP contribution in [0.4, 0.5) is 0 Å². The lowest BCUT2D eigenvalue weighted by Gasteiger charge is -2.15. The summed E-state index contributed by atoms with van der Waals surface area (Å²) in [6, 6.07) is 0. The Labute approximate surface area is 303 Å². The number of unbranched alkanes of at least 4 members (excludes halogenated alkanes) is 14. The molecule has 0 fully saturated rings. The maximum atomic E-state index is 12.2. The lowest BCUT2D eigenvalue weighted by atomic mass is 10.0. The number of carbonyl (C=O) groups excluding carboxylic acids is 1. The van der Waals surface area contributed by atoms with Crippen molar-refractivity contribution in [2.45, 2.75) is 174 Å². The van der Waals surface area contributed by atoms with Gasteiger partial charge in [-0.2, -0.15) is 0 Å². The van der Waals surface area contributed by atoms with Crippen molar-refractivity contribution in [2.75, 3.05) is 19.8 Å². The third-order valence-electron chi connectivity index (χ3n) is 8.22. The number of aliphatic hydroxyl groups excluding tert-OH is 1. The van der Waals surface area contributed by atoms with Gasteiger partial charge in [-0.25, -0.2) is 0 Å². The Balaban J connectivity index is 3.50. The van der Waals surface area contributed by atoms with Crippen molar-refractivity contribution in [1.29, 1.82) is 0 Å². The van der Waals surface area contributed by atoms with Gasteiger partial charge in [0.2, 0.25) is 0 Å². The average Bonchev–Trinajstić information content (AvgIpc) is 3.11. The van der Waals surface area contributed by atoms with E-state index in [-0.39, 0.29) is 19.2 Å². The zero-order valence-corrected chi connectivity index (χ0v) is 31.9. The molecule has 0 spiro atoms. The molecule has 4 nitrogen and oxygen atoms in total. The topological polar surface area (TPSA) is 55.8 Å². The summed E-state index contributed by atoms with van der Waals surface area (Å²) in [4.78, 5) is 12.2. The molecule has 0 saturated carbocycles. The minimum absolute atomic E-state index is 0.187. The maximum Gasteiger partial charge on any atom is 0.306 e. The molecule has 0 aromatic carbocycles. The minimum Gasteiger partial charge on any atom is -0.457 e. The first-order valence-electron chi connectivity index (χ1n) is 20.2. The largest absolute Gasteiger partial charge is 0.457 e. The van der Waals surface area contributed by atoms with Gasteiger partial charge in [0, 0.05) is 13.0 Å². The van der Waals surface area contributed by atoms with Crippen LogP contribution in [-0.2, 0) is 14.3 Å². The smallest absolute Gasteiger partial charge is 0.306 e. The number of rotatable bonds is 36. The predicted octanol–water partition coefficient (Wildman–Crippen LogP) is 13.2. The third kappa shape index (κ3) is 39.9. The van der Waals surface area contributed by atoms with Crippen LogP contribution in [0.1, 0.15) is 168 Å². The Morgan fingerprint density at radius 3 is 1.29 bits per heavy atom. The Hall–Kier alpha value is -2.43. The second-order valence-electron chi connectivity index (χ2n) is 12.9. The SMILES string of the molecule is CC/C=C\C/C=C\C/C=C\C/C=C\CCCCCCCCCCCCC(=O)OC(CO)COCCCCCC/C=C\C/C=C\C/C=C\CC. The molecule has 0 aliphatic rings. The van der Waals surface area contributed by atoms with E-state index < -0.39 is 6.10 Å². The number of hydrogen-bond donors (Lipinski definition) is 1. The van der Waals surface area contributed by atoms with Gasteiger partial charge in [0.1, 0.15) is 6.10 Å². The second kappa shape index (κ2) is 41.7. The Kier molecular flexibility index (Phi) is 39.7. The van der Waals surface area contributed by atoms with Gasteiger partial charge in [0.15, 0.2) is 0 Å². The lowest BCUT2D eigenvalue weighted by Crippen LogP contribution is -2.27. The molecule has 1 unspecified atom stereocenters. The maximum absolute atomic E-state index is 12.2. The van der Waals surface area contributed by atoms with Gasteiger partial charge in [0.25, 0.3) is 0 Å². The molecule has 4 heteroatoms. The molecule has 0 saturated heterocycles. The van der Waals surface area contributed by atoms with Gasteiger partial charge in [-0.1, -0.05) is 163 Å². The molecular weight excluding hydrogens is 604 g/mol. The van der Waals surface area contributed by atoms with Crippen LogP contribution >= 0.6 is 0 Å². The predicted molar refractivity (Wildman–Crippen MR) is 214 cm³/mol. The molecule has 0 bridgehead atoms. The normalized spacial score (nSPS) is 13.3. The molecule has 49 heavy (non-hydrogen) atoms. The summed E-state index contributed by atoms with van der Waals surface area (Å²) in [5.74, 6) is -0.218. The molecule has 0 heterocycles. The lowest BCUT2D eigenvalue weighted by molar-refractivity contribution is -0.154. The fourth-order valence-electron chi connectivity index (χ4n) is 5.27. The average molecular weight is 681 g/mol. The Morgan fingerprint density at radius 2 is 0.857 bits per heavy atom. The van der Waals surface area contributed by atoms with Crippen molar-refractivity contribution in [1.82, 2.24) is 0 Å². The van der Waals surface area contributed by atoms with E-state index in [4.69, 9.17) is 9.47 Å². The summed E-state index contributed by atoms with van der Waals surface area (Å²) in [5, 5.41) is 9.58. The van der Waals surface area contributed by atoms with Crippen LogP contribution in [-0.4, -0.2) is 37.0 Å². The number of hydrogen-bond acceptors (Lipinski definition) is 4. The van der Waals surface area contributed by atoms with Crippen LogP contribution < -0.4 is 0 Å². The molecular formula is C45H76O4. The first-order valence-corrected chi connectivity index (χ1v) is 20.2. The zero-order chi connectivity index (χ0) is 35.6. The van der Waals surface area contributed by atoms with E-state index in [1.54, 1.807) is 0 Å². The van der Waals surface area contributed by atoms with Gasteiger partial charge in [-0.15, -0.1) is 0 Å². The van der Waals surface area contributed by atoms with Crippen molar-refractivity contribution < 1.29 is 19.4 Å². The molecule has 0 aliphatic heterocycles. The van der Waals surface area contributed by atoms with E-state index in [2.05, 4.69) is 98.9 Å².